The van der Waals surface area contributed by atoms with Gasteiger partial charge in [0.1, 0.15) is 5.82 Å². The molecule has 2 nitrogen and oxygen atoms in total. The standard InChI is InChI=1S/C17H18FNO/c1-3-11-5-6-13(9-12(11)4-2)17(20)15-8-7-14(18)10-16(15)19/h5-10H,3-4,19H2,1-2H3. The molecule has 0 fully saturated rings. The topological polar surface area (TPSA) is 43.1 Å². The zero-order valence-electron chi connectivity index (χ0n) is 11.7. The lowest BCUT2D eigenvalue weighted by atomic mass is 9.95. The van der Waals surface area contributed by atoms with E-state index in [1.165, 1.54) is 29.3 Å². The van der Waals surface area contributed by atoms with Gasteiger partial charge in [-0.3, -0.25) is 4.79 Å². The molecular formula is C17H18FNO. The van der Waals surface area contributed by atoms with Crippen LogP contribution in [-0.2, 0) is 12.8 Å². The number of halogens is 1. The molecule has 0 aromatic heterocycles. The van der Waals surface area contributed by atoms with Gasteiger partial charge in [-0.05, 0) is 48.2 Å². The van der Waals surface area contributed by atoms with Gasteiger partial charge in [-0.15, -0.1) is 0 Å². The lowest BCUT2D eigenvalue weighted by Gasteiger charge is -2.09. The van der Waals surface area contributed by atoms with Crippen LogP contribution in [0.25, 0.3) is 0 Å². The summed E-state index contributed by atoms with van der Waals surface area (Å²) in [5.41, 5.74) is 9.25. The number of aryl methyl sites for hydroxylation is 2. The number of ketones is 1. The molecule has 0 heterocycles. The normalized spacial score (nSPS) is 10.6. The fraction of sp³-hybridized carbons (Fsp3) is 0.235. The van der Waals surface area contributed by atoms with Crippen LogP contribution in [-0.4, -0.2) is 5.78 Å². The fourth-order valence-electron chi connectivity index (χ4n) is 2.34. The summed E-state index contributed by atoms with van der Waals surface area (Å²) in [6, 6.07) is 9.56. The molecular weight excluding hydrogens is 253 g/mol. The van der Waals surface area contributed by atoms with Gasteiger partial charge in [-0.2, -0.15) is 0 Å². The van der Waals surface area contributed by atoms with Crippen LogP contribution in [0.5, 0.6) is 0 Å². The molecule has 2 rings (SSSR count). The third-order valence-electron chi connectivity index (χ3n) is 3.49. The number of benzene rings is 2. The molecule has 0 radical (unpaired) electrons. The molecule has 104 valence electrons. The lowest BCUT2D eigenvalue weighted by Crippen LogP contribution is -2.07. The first kappa shape index (κ1) is 14.3. The molecule has 0 atom stereocenters. The Morgan fingerprint density at radius 3 is 2.35 bits per heavy atom. The summed E-state index contributed by atoms with van der Waals surface area (Å²) < 4.78 is 13.0. The smallest absolute Gasteiger partial charge is 0.195 e. The number of hydrogen-bond donors (Lipinski definition) is 1. The van der Waals surface area contributed by atoms with E-state index in [1.807, 2.05) is 18.2 Å². The number of anilines is 1. The molecule has 2 aromatic rings. The molecule has 0 unspecified atom stereocenters. The van der Waals surface area contributed by atoms with Crippen LogP contribution in [0.1, 0.15) is 40.9 Å². The van der Waals surface area contributed by atoms with Crippen molar-refractivity contribution < 1.29 is 9.18 Å². The van der Waals surface area contributed by atoms with Crippen molar-refractivity contribution in [2.45, 2.75) is 26.7 Å². The van der Waals surface area contributed by atoms with E-state index >= 15 is 0 Å². The monoisotopic (exact) mass is 271 g/mol. The minimum Gasteiger partial charge on any atom is -0.398 e. The summed E-state index contributed by atoms with van der Waals surface area (Å²) in [6.07, 6.45) is 1.82. The van der Waals surface area contributed by atoms with Crippen molar-refractivity contribution in [1.82, 2.24) is 0 Å². The van der Waals surface area contributed by atoms with Gasteiger partial charge in [0.25, 0.3) is 0 Å². The Balaban J connectivity index is 2.43. The summed E-state index contributed by atoms with van der Waals surface area (Å²) in [7, 11) is 0. The van der Waals surface area contributed by atoms with Crippen LogP contribution < -0.4 is 5.73 Å². The molecule has 0 saturated heterocycles. The minimum atomic E-state index is -0.436. The number of carbonyl (C=O) groups is 1. The first-order valence-electron chi connectivity index (χ1n) is 6.78. The van der Waals surface area contributed by atoms with Gasteiger partial charge in [-0.25, -0.2) is 4.39 Å². The maximum Gasteiger partial charge on any atom is 0.195 e. The van der Waals surface area contributed by atoms with Crippen molar-refractivity contribution in [3.63, 3.8) is 0 Å². The molecule has 0 spiro atoms. The highest BCUT2D eigenvalue weighted by Crippen LogP contribution is 2.20. The van der Waals surface area contributed by atoms with E-state index in [-0.39, 0.29) is 11.5 Å². The highest BCUT2D eigenvalue weighted by molar-refractivity contribution is 6.12. The Labute approximate surface area is 118 Å². The molecule has 0 amide bonds. The van der Waals surface area contributed by atoms with E-state index in [4.69, 9.17) is 5.73 Å². The number of nitrogens with two attached hydrogens (primary N) is 1. The number of carbonyl (C=O) groups excluding carboxylic acids is 1. The third kappa shape index (κ3) is 2.72. The summed E-state index contributed by atoms with van der Waals surface area (Å²) in [5, 5.41) is 0. The first-order chi connectivity index (χ1) is 9.56. The number of hydrogen-bond acceptors (Lipinski definition) is 2. The van der Waals surface area contributed by atoms with Crippen LogP contribution in [0.15, 0.2) is 36.4 Å². The van der Waals surface area contributed by atoms with Crippen molar-refractivity contribution in [2.75, 3.05) is 5.73 Å². The maximum atomic E-state index is 13.0. The van der Waals surface area contributed by atoms with E-state index in [2.05, 4.69) is 13.8 Å². The van der Waals surface area contributed by atoms with Gasteiger partial charge in [0.05, 0.1) is 0 Å². The average Bonchev–Trinajstić information content (AvgIpc) is 2.45. The van der Waals surface area contributed by atoms with Crippen molar-refractivity contribution >= 4 is 11.5 Å². The van der Waals surface area contributed by atoms with Crippen molar-refractivity contribution in [1.29, 1.82) is 0 Å². The number of rotatable bonds is 4. The zero-order valence-corrected chi connectivity index (χ0v) is 11.7. The molecule has 0 aliphatic rings. The molecule has 0 aliphatic heterocycles. The largest absolute Gasteiger partial charge is 0.398 e. The molecule has 0 saturated carbocycles. The molecule has 3 heteroatoms. The summed E-state index contributed by atoms with van der Waals surface area (Å²) in [4.78, 5) is 12.4. The third-order valence-corrected chi connectivity index (χ3v) is 3.49. The van der Waals surface area contributed by atoms with Gasteiger partial charge < -0.3 is 5.73 Å². The van der Waals surface area contributed by atoms with E-state index in [0.717, 1.165) is 12.8 Å². The van der Waals surface area contributed by atoms with Crippen molar-refractivity contribution in [3.05, 3.63) is 64.5 Å². The zero-order chi connectivity index (χ0) is 14.7. The van der Waals surface area contributed by atoms with Crippen LogP contribution >= 0.6 is 0 Å². The summed E-state index contributed by atoms with van der Waals surface area (Å²) in [6.45, 7) is 4.16. The van der Waals surface area contributed by atoms with Gasteiger partial charge in [0.15, 0.2) is 5.78 Å². The van der Waals surface area contributed by atoms with Gasteiger partial charge in [-0.1, -0.05) is 26.0 Å². The van der Waals surface area contributed by atoms with Crippen LogP contribution in [0.3, 0.4) is 0 Å². The average molecular weight is 271 g/mol. The maximum absolute atomic E-state index is 13.0. The van der Waals surface area contributed by atoms with E-state index < -0.39 is 5.82 Å². The quantitative estimate of drug-likeness (QED) is 0.679. The van der Waals surface area contributed by atoms with Gasteiger partial charge in [0, 0.05) is 16.8 Å². The lowest BCUT2D eigenvalue weighted by molar-refractivity contribution is 0.103. The highest BCUT2D eigenvalue weighted by atomic mass is 19.1. The minimum absolute atomic E-state index is 0.167. The van der Waals surface area contributed by atoms with Crippen molar-refractivity contribution in [3.8, 4) is 0 Å². The van der Waals surface area contributed by atoms with Gasteiger partial charge in [0.2, 0.25) is 0 Å². The van der Waals surface area contributed by atoms with Gasteiger partial charge >= 0.3 is 0 Å². The predicted octanol–water partition coefficient (Wildman–Crippen LogP) is 3.76. The Hall–Kier alpha value is -2.16. The van der Waals surface area contributed by atoms with Crippen molar-refractivity contribution in [2.24, 2.45) is 0 Å². The molecule has 20 heavy (non-hydrogen) atoms. The second-order valence-corrected chi connectivity index (χ2v) is 4.75. The second-order valence-electron chi connectivity index (χ2n) is 4.75. The Bertz CT molecular complexity index is 649. The van der Waals surface area contributed by atoms with Crippen LogP contribution in [0.4, 0.5) is 10.1 Å². The Morgan fingerprint density at radius 2 is 1.75 bits per heavy atom. The fourth-order valence-corrected chi connectivity index (χ4v) is 2.34. The highest BCUT2D eigenvalue weighted by Gasteiger charge is 2.14. The Kier molecular flexibility index (Phi) is 4.18. The summed E-state index contributed by atoms with van der Waals surface area (Å²) in [5.74, 6) is -0.602. The molecule has 2 aromatic carbocycles. The predicted molar refractivity (Wildman–Crippen MR) is 79.4 cm³/mol. The second kappa shape index (κ2) is 5.87. The summed E-state index contributed by atoms with van der Waals surface area (Å²) >= 11 is 0. The molecule has 2 N–H and O–H groups in total. The SMILES string of the molecule is CCc1ccc(C(=O)c2ccc(F)cc2N)cc1CC. The van der Waals surface area contributed by atoms with E-state index in [9.17, 15) is 9.18 Å². The van der Waals surface area contributed by atoms with E-state index in [0.29, 0.717) is 11.1 Å². The first-order valence-corrected chi connectivity index (χ1v) is 6.78. The van der Waals surface area contributed by atoms with Crippen LogP contribution in [0, 0.1) is 5.82 Å². The Morgan fingerprint density at radius 1 is 1.05 bits per heavy atom. The molecule has 0 bridgehead atoms. The molecule has 0 aliphatic carbocycles. The van der Waals surface area contributed by atoms with Crippen LogP contribution in [0.2, 0.25) is 0 Å². The number of nitrogen functional groups attached to an aromatic ring is 1. The van der Waals surface area contributed by atoms with E-state index in [1.54, 1.807) is 0 Å².